The molecule has 3 aromatic rings. The summed E-state index contributed by atoms with van der Waals surface area (Å²) in [4.78, 5) is 24.6. The SMILES string of the molecule is CCOc1ccc(C(=O)Oc2ccc(Br)cc2/C=N/NC(=O)c2ccc(O)cc2)cc1. The van der Waals surface area contributed by atoms with E-state index in [0.29, 0.717) is 29.0 Å². The highest BCUT2D eigenvalue weighted by Gasteiger charge is 2.12. The second-order valence-corrected chi connectivity index (χ2v) is 7.19. The van der Waals surface area contributed by atoms with E-state index in [1.807, 2.05) is 6.92 Å². The van der Waals surface area contributed by atoms with Crippen molar-refractivity contribution in [2.75, 3.05) is 6.61 Å². The molecule has 3 rings (SSSR count). The molecule has 0 bridgehead atoms. The first kappa shape index (κ1) is 22.0. The maximum absolute atomic E-state index is 12.5. The number of aromatic hydroxyl groups is 1. The molecule has 0 aliphatic rings. The lowest BCUT2D eigenvalue weighted by Gasteiger charge is -2.09. The van der Waals surface area contributed by atoms with Crippen LogP contribution in [-0.4, -0.2) is 29.8 Å². The fourth-order valence-corrected chi connectivity index (χ4v) is 2.94. The number of carbonyl (C=O) groups is 2. The van der Waals surface area contributed by atoms with Crippen molar-refractivity contribution in [1.82, 2.24) is 5.43 Å². The highest BCUT2D eigenvalue weighted by Crippen LogP contribution is 2.23. The van der Waals surface area contributed by atoms with Gasteiger partial charge in [0.2, 0.25) is 0 Å². The minimum atomic E-state index is -0.534. The summed E-state index contributed by atoms with van der Waals surface area (Å²) in [6, 6.07) is 17.5. The van der Waals surface area contributed by atoms with Gasteiger partial charge in [0.25, 0.3) is 5.91 Å². The van der Waals surface area contributed by atoms with E-state index in [1.165, 1.54) is 30.5 Å². The minimum Gasteiger partial charge on any atom is -0.508 e. The lowest BCUT2D eigenvalue weighted by atomic mass is 10.2. The molecular weight excluding hydrogens is 464 g/mol. The van der Waals surface area contributed by atoms with Crippen LogP contribution in [0.4, 0.5) is 0 Å². The standard InChI is InChI=1S/C23H19BrN2O5/c1-2-30-20-10-5-16(6-11-20)23(29)31-21-12-7-18(24)13-17(21)14-25-26-22(28)15-3-8-19(27)9-4-15/h3-14,27H,2H2,1H3,(H,26,28)/b25-14+. The molecule has 2 N–H and O–H groups in total. The zero-order chi connectivity index (χ0) is 22.2. The number of nitrogens with one attached hydrogen (secondary N) is 1. The zero-order valence-corrected chi connectivity index (χ0v) is 18.1. The van der Waals surface area contributed by atoms with Crippen LogP contribution in [0.25, 0.3) is 0 Å². The molecule has 8 heteroatoms. The van der Waals surface area contributed by atoms with Crippen LogP contribution in [0.2, 0.25) is 0 Å². The molecule has 1 amide bonds. The van der Waals surface area contributed by atoms with Crippen LogP contribution in [0.5, 0.6) is 17.2 Å². The Morgan fingerprint density at radius 2 is 1.71 bits per heavy atom. The molecule has 0 heterocycles. The van der Waals surface area contributed by atoms with Gasteiger partial charge < -0.3 is 14.6 Å². The molecule has 0 atom stereocenters. The van der Waals surface area contributed by atoms with Crippen molar-refractivity contribution < 1.29 is 24.2 Å². The van der Waals surface area contributed by atoms with E-state index in [2.05, 4.69) is 26.5 Å². The van der Waals surface area contributed by atoms with Gasteiger partial charge >= 0.3 is 5.97 Å². The van der Waals surface area contributed by atoms with Gasteiger partial charge in [0, 0.05) is 15.6 Å². The molecule has 0 saturated heterocycles. The van der Waals surface area contributed by atoms with Crippen LogP contribution >= 0.6 is 15.9 Å². The third-order valence-electron chi connectivity index (χ3n) is 4.07. The number of ether oxygens (including phenoxy) is 2. The average molecular weight is 483 g/mol. The van der Waals surface area contributed by atoms with Crippen molar-refractivity contribution in [3.05, 3.63) is 87.9 Å². The van der Waals surface area contributed by atoms with E-state index in [4.69, 9.17) is 9.47 Å². The minimum absolute atomic E-state index is 0.0631. The third kappa shape index (κ3) is 6.16. The molecule has 31 heavy (non-hydrogen) atoms. The van der Waals surface area contributed by atoms with Gasteiger partial charge in [-0.2, -0.15) is 5.10 Å². The number of hydrogen-bond acceptors (Lipinski definition) is 6. The number of nitrogens with zero attached hydrogens (tertiary/aromatic N) is 1. The van der Waals surface area contributed by atoms with E-state index in [9.17, 15) is 14.7 Å². The van der Waals surface area contributed by atoms with E-state index in [0.717, 1.165) is 4.47 Å². The number of benzene rings is 3. The Morgan fingerprint density at radius 3 is 2.39 bits per heavy atom. The first-order chi connectivity index (χ1) is 15.0. The van der Waals surface area contributed by atoms with Crippen molar-refractivity contribution in [2.45, 2.75) is 6.92 Å². The molecule has 3 aromatic carbocycles. The number of carbonyl (C=O) groups excluding carboxylic acids is 2. The molecule has 0 spiro atoms. The summed E-state index contributed by atoms with van der Waals surface area (Å²) < 4.78 is 11.6. The van der Waals surface area contributed by atoms with Crippen molar-refractivity contribution >= 4 is 34.0 Å². The van der Waals surface area contributed by atoms with Gasteiger partial charge in [0.15, 0.2) is 0 Å². The molecular formula is C23H19BrN2O5. The Kier molecular flexibility index (Phi) is 7.40. The number of phenols is 1. The van der Waals surface area contributed by atoms with E-state index >= 15 is 0 Å². The Balaban J connectivity index is 1.71. The lowest BCUT2D eigenvalue weighted by molar-refractivity contribution is 0.0734. The third-order valence-corrected chi connectivity index (χ3v) is 4.57. The van der Waals surface area contributed by atoms with Crippen LogP contribution in [0.15, 0.2) is 76.3 Å². The summed E-state index contributed by atoms with van der Waals surface area (Å²) in [5.74, 6) is 0.0325. The molecule has 0 saturated carbocycles. The fraction of sp³-hybridized carbons (Fsp3) is 0.0870. The van der Waals surface area contributed by atoms with Crippen molar-refractivity contribution in [2.24, 2.45) is 5.10 Å². The maximum Gasteiger partial charge on any atom is 0.343 e. The van der Waals surface area contributed by atoms with E-state index < -0.39 is 11.9 Å². The topological polar surface area (TPSA) is 97.2 Å². The average Bonchev–Trinajstić information content (AvgIpc) is 2.76. The summed E-state index contributed by atoms with van der Waals surface area (Å²) in [5.41, 5.74) is 3.59. The summed E-state index contributed by atoms with van der Waals surface area (Å²) >= 11 is 3.37. The first-order valence-electron chi connectivity index (χ1n) is 9.33. The quantitative estimate of drug-likeness (QED) is 0.223. The Labute approximate surface area is 187 Å². The maximum atomic E-state index is 12.5. The van der Waals surface area contributed by atoms with E-state index in [1.54, 1.807) is 42.5 Å². The normalized spacial score (nSPS) is 10.6. The highest BCUT2D eigenvalue weighted by atomic mass is 79.9. The number of esters is 1. The fourth-order valence-electron chi connectivity index (χ4n) is 2.56. The Hall–Kier alpha value is -3.65. The largest absolute Gasteiger partial charge is 0.508 e. The van der Waals surface area contributed by atoms with Crippen molar-refractivity contribution in [3.63, 3.8) is 0 Å². The smallest absolute Gasteiger partial charge is 0.343 e. The van der Waals surface area contributed by atoms with Crippen LogP contribution < -0.4 is 14.9 Å². The number of amides is 1. The summed E-state index contributed by atoms with van der Waals surface area (Å²) in [7, 11) is 0. The number of phenolic OH excluding ortho intramolecular Hbond substituents is 1. The molecule has 158 valence electrons. The highest BCUT2D eigenvalue weighted by molar-refractivity contribution is 9.10. The van der Waals surface area contributed by atoms with Gasteiger partial charge in [-0.1, -0.05) is 15.9 Å². The molecule has 0 aliphatic carbocycles. The summed E-state index contributed by atoms with van der Waals surface area (Å²) in [6.45, 7) is 2.42. The second kappa shape index (κ2) is 10.4. The molecule has 0 aliphatic heterocycles. The number of halogens is 1. The number of hydrazone groups is 1. The second-order valence-electron chi connectivity index (χ2n) is 6.28. The van der Waals surface area contributed by atoms with Crippen LogP contribution in [0.1, 0.15) is 33.2 Å². The predicted molar refractivity (Wildman–Crippen MR) is 120 cm³/mol. The summed E-state index contributed by atoms with van der Waals surface area (Å²) in [5, 5.41) is 13.2. The molecule has 0 aromatic heterocycles. The van der Waals surface area contributed by atoms with Crippen LogP contribution in [0, 0.1) is 0 Å². The zero-order valence-electron chi connectivity index (χ0n) is 16.5. The first-order valence-corrected chi connectivity index (χ1v) is 10.1. The molecule has 7 nitrogen and oxygen atoms in total. The van der Waals surface area contributed by atoms with Crippen LogP contribution in [0.3, 0.4) is 0 Å². The Morgan fingerprint density at radius 1 is 1.03 bits per heavy atom. The Bertz CT molecular complexity index is 1100. The van der Waals surface area contributed by atoms with Gasteiger partial charge in [-0.3, -0.25) is 4.79 Å². The predicted octanol–water partition coefficient (Wildman–Crippen LogP) is 4.54. The number of hydrogen-bond donors (Lipinski definition) is 2. The lowest BCUT2D eigenvalue weighted by Crippen LogP contribution is -2.17. The van der Waals surface area contributed by atoms with Gasteiger partial charge in [-0.25, -0.2) is 10.2 Å². The monoisotopic (exact) mass is 482 g/mol. The summed E-state index contributed by atoms with van der Waals surface area (Å²) in [6.07, 6.45) is 1.38. The molecule has 0 radical (unpaired) electrons. The molecule has 0 unspecified atom stereocenters. The van der Waals surface area contributed by atoms with Crippen molar-refractivity contribution in [3.8, 4) is 17.2 Å². The van der Waals surface area contributed by atoms with Gasteiger partial charge in [-0.15, -0.1) is 0 Å². The van der Waals surface area contributed by atoms with Gasteiger partial charge in [0.1, 0.15) is 17.2 Å². The van der Waals surface area contributed by atoms with Gasteiger partial charge in [-0.05, 0) is 73.7 Å². The van der Waals surface area contributed by atoms with Gasteiger partial charge in [0.05, 0.1) is 18.4 Å². The molecule has 0 fully saturated rings. The number of rotatable bonds is 7. The van der Waals surface area contributed by atoms with Crippen molar-refractivity contribution in [1.29, 1.82) is 0 Å². The van der Waals surface area contributed by atoms with E-state index in [-0.39, 0.29) is 11.5 Å². The van der Waals surface area contributed by atoms with Crippen LogP contribution in [-0.2, 0) is 0 Å².